The number of nitrogens with one attached hydrogen (secondary N) is 1. The van der Waals surface area contributed by atoms with E-state index in [1.165, 1.54) is 0 Å². The molecule has 0 aromatic carbocycles. The van der Waals surface area contributed by atoms with Gasteiger partial charge < -0.3 is 10.1 Å². The van der Waals surface area contributed by atoms with Crippen LogP contribution in [0.3, 0.4) is 0 Å². The van der Waals surface area contributed by atoms with Crippen LogP contribution in [-0.2, 0) is 9.53 Å². The fourth-order valence-corrected chi connectivity index (χ4v) is 1.48. The van der Waals surface area contributed by atoms with E-state index in [1.54, 1.807) is 25.6 Å². The molecule has 1 N–H and O–H groups in total. The molecule has 0 spiro atoms. The zero-order valence-corrected chi connectivity index (χ0v) is 11.2. The van der Waals surface area contributed by atoms with Crippen LogP contribution in [-0.4, -0.2) is 23.6 Å². The molecule has 0 aliphatic heterocycles. The maximum absolute atomic E-state index is 11.7. The van der Waals surface area contributed by atoms with Crippen molar-refractivity contribution < 1.29 is 9.53 Å². The molecule has 0 aliphatic rings. The summed E-state index contributed by atoms with van der Waals surface area (Å²) in [6.07, 6.45) is 3.57. The van der Waals surface area contributed by atoms with Crippen LogP contribution in [0.4, 0.5) is 5.69 Å². The number of ether oxygens (including phenoxy) is 1. The monoisotopic (exact) mass is 286 g/mol. The highest BCUT2D eigenvalue weighted by Gasteiger charge is 2.21. The van der Waals surface area contributed by atoms with Gasteiger partial charge in [0.05, 0.1) is 22.2 Å². The summed E-state index contributed by atoms with van der Waals surface area (Å²) >= 11 is 3.31. The van der Waals surface area contributed by atoms with Gasteiger partial charge in [0.15, 0.2) is 0 Å². The minimum atomic E-state index is -0.455. The number of hydrogen-bond acceptors (Lipinski definition) is 3. The second kappa shape index (κ2) is 5.41. The molecule has 0 radical (unpaired) electrons. The zero-order chi connectivity index (χ0) is 12.2. The SMILES string of the molecule is COC(C)(C)CC(=O)Nc1ccncc1Br. The molecule has 0 aliphatic carbocycles. The Morgan fingerprint density at radius 2 is 2.31 bits per heavy atom. The Bertz CT molecular complexity index is 380. The van der Waals surface area contributed by atoms with E-state index >= 15 is 0 Å². The summed E-state index contributed by atoms with van der Waals surface area (Å²) in [6.45, 7) is 3.74. The van der Waals surface area contributed by atoms with Crippen molar-refractivity contribution in [2.45, 2.75) is 25.9 Å². The van der Waals surface area contributed by atoms with Crippen LogP contribution in [0.1, 0.15) is 20.3 Å². The fourth-order valence-electron chi connectivity index (χ4n) is 1.13. The Hall–Kier alpha value is -0.940. The van der Waals surface area contributed by atoms with E-state index in [4.69, 9.17) is 4.74 Å². The number of aromatic nitrogens is 1. The van der Waals surface area contributed by atoms with Gasteiger partial charge in [-0.05, 0) is 35.8 Å². The lowest BCUT2D eigenvalue weighted by atomic mass is 10.0. The molecule has 0 atom stereocenters. The minimum absolute atomic E-state index is 0.0845. The van der Waals surface area contributed by atoms with Crippen LogP contribution in [0.2, 0.25) is 0 Å². The van der Waals surface area contributed by atoms with Crippen molar-refractivity contribution in [2.24, 2.45) is 0 Å². The number of hydrogen-bond donors (Lipinski definition) is 1. The third kappa shape index (κ3) is 3.90. The normalized spacial score (nSPS) is 11.2. The predicted molar refractivity (Wildman–Crippen MR) is 66.3 cm³/mol. The van der Waals surface area contributed by atoms with Gasteiger partial charge in [-0.15, -0.1) is 0 Å². The Balaban J connectivity index is 2.62. The molecule has 0 saturated carbocycles. The Morgan fingerprint density at radius 3 is 2.88 bits per heavy atom. The number of carbonyl (C=O) groups excluding carboxylic acids is 1. The van der Waals surface area contributed by atoms with Gasteiger partial charge >= 0.3 is 0 Å². The summed E-state index contributed by atoms with van der Waals surface area (Å²) in [4.78, 5) is 15.6. The summed E-state index contributed by atoms with van der Waals surface area (Å²) < 4.78 is 5.95. The standard InChI is InChI=1S/C11H15BrN2O2/c1-11(2,16-3)6-10(15)14-9-4-5-13-7-8(9)12/h4-5,7H,6H2,1-3H3,(H,13,14,15). The van der Waals surface area contributed by atoms with Crippen LogP contribution >= 0.6 is 15.9 Å². The van der Waals surface area contributed by atoms with Gasteiger partial charge in [-0.1, -0.05) is 0 Å². The Kier molecular flexibility index (Phi) is 4.44. The van der Waals surface area contributed by atoms with Crippen LogP contribution in [0.5, 0.6) is 0 Å². The maximum Gasteiger partial charge on any atom is 0.227 e. The second-order valence-electron chi connectivity index (χ2n) is 4.04. The Labute approximate surface area is 104 Å². The first-order chi connectivity index (χ1) is 7.44. The first-order valence-corrected chi connectivity index (χ1v) is 5.68. The minimum Gasteiger partial charge on any atom is -0.378 e. The van der Waals surface area contributed by atoms with Gasteiger partial charge in [0.2, 0.25) is 5.91 Å². The summed E-state index contributed by atoms with van der Waals surface area (Å²) in [7, 11) is 1.59. The van der Waals surface area contributed by atoms with Gasteiger partial charge in [0.25, 0.3) is 0 Å². The number of carbonyl (C=O) groups is 1. The average molecular weight is 287 g/mol. The summed E-state index contributed by atoms with van der Waals surface area (Å²) in [5.74, 6) is -0.0845. The third-order valence-corrected chi connectivity index (χ3v) is 2.82. The molecule has 0 bridgehead atoms. The van der Waals surface area contributed by atoms with E-state index in [1.807, 2.05) is 13.8 Å². The van der Waals surface area contributed by atoms with Crippen LogP contribution in [0.25, 0.3) is 0 Å². The molecule has 1 rings (SSSR count). The molecule has 1 heterocycles. The van der Waals surface area contributed by atoms with Crippen molar-refractivity contribution in [2.75, 3.05) is 12.4 Å². The Morgan fingerprint density at radius 1 is 1.62 bits per heavy atom. The predicted octanol–water partition coefficient (Wildman–Crippen LogP) is 2.60. The molecule has 1 aromatic rings. The summed E-state index contributed by atoms with van der Waals surface area (Å²) in [6, 6.07) is 1.74. The average Bonchev–Trinajstić information content (AvgIpc) is 2.21. The van der Waals surface area contributed by atoms with E-state index in [2.05, 4.69) is 26.2 Å². The van der Waals surface area contributed by atoms with Gasteiger partial charge in [0, 0.05) is 19.5 Å². The lowest BCUT2D eigenvalue weighted by Crippen LogP contribution is -2.29. The summed E-state index contributed by atoms with van der Waals surface area (Å²) in [5.41, 5.74) is 0.260. The van der Waals surface area contributed by atoms with E-state index in [9.17, 15) is 4.79 Å². The molecule has 5 heteroatoms. The van der Waals surface area contributed by atoms with Crippen molar-refractivity contribution in [3.63, 3.8) is 0 Å². The molecular formula is C11H15BrN2O2. The van der Waals surface area contributed by atoms with E-state index in [0.717, 1.165) is 4.47 Å². The first-order valence-electron chi connectivity index (χ1n) is 4.89. The molecular weight excluding hydrogens is 272 g/mol. The molecule has 88 valence electrons. The first kappa shape index (κ1) is 13.1. The van der Waals surface area contributed by atoms with Crippen molar-refractivity contribution in [1.82, 2.24) is 4.98 Å². The van der Waals surface area contributed by atoms with E-state index in [0.29, 0.717) is 12.1 Å². The van der Waals surface area contributed by atoms with Gasteiger partial charge in [-0.3, -0.25) is 9.78 Å². The number of pyridine rings is 1. The molecule has 0 fully saturated rings. The van der Waals surface area contributed by atoms with Crippen molar-refractivity contribution in [3.05, 3.63) is 22.9 Å². The van der Waals surface area contributed by atoms with Crippen molar-refractivity contribution in [3.8, 4) is 0 Å². The number of rotatable bonds is 4. The molecule has 1 aromatic heterocycles. The molecule has 1 amide bonds. The number of methoxy groups -OCH3 is 1. The largest absolute Gasteiger partial charge is 0.378 e. The number of anilines is 1. The maximum atomic E-state index is 11.7. The quantitative estimate of drug-likeness (QED) is 0.926. The molecule has 16 heavy (non-hydrogen) atoms. The highest BCUT2D eigenvalue weighted by molar-refractivity contribution is 9.10. The van der Waals surface area contributed by atoms with Gasteiger partial charge in [-0.25, -0.2) is 0 Å². The lowest BCUT2D eigenvalue weighted by molar-refractivity contribution is -0.121. The number of nitrogens with zero attached hydrogens (tertiary/aromatic N) is 1. The van der Waals surface area contributed by atoms with Crippen LogP contribution in [0, 0.1) is 0 Å². The number of amides is 1. The fraction of sp³-hybridized carbons (Fsp3) is 0.455. The molecule has 0 saturated heterocycles. The van der Waals surface area contributed by atoms with E-state index < -0.39 is 5.60 Å². The topological polar surface area (TPSA) is 51.2 Å². The summed E-state index contributed by atoms with van der Waals surface area (Å²) in [5, 5.41) is 2.79. The van der Waals surface area contributed by atoms with Gasteiger partial charge in [-0.2, -0.15) is 0 Å². The third-order valence-electron chi connectivity index (χ3n) is 2.19. The smallest absolute Gasteiger partial charge is 0.227 e. The zero-order valence-electron chi connectivity index (χ0n) is 9.58. The van der Waals surface area contributed by atoms with Gasteiger partial charge in [0.1, 0.15) is 0 Å². The van der Waals surface area contributed by atoms with Crippen molar-refractivity contribution in [1.29, 1.82) is 0 Å². The second-order valence-corrected chi connectivity index (χ2v) is 4.90. The molecule has 0 unspecified atom stereocenters. The highest BCUT2D eigenvalue weighted by Crippen LogP contribution is 2.21. The van der Waals surface area contributed by atoms with Crippen LogP contribution in [0.15, 0.2) is 22.9 Å². The lowest BCUT2D eigenvalue weighted by Gasteiger charge is -2.22. The molecule has 4 nitrogen and oxygen atoms in total. The van der Waals surface area contributed by atoms with Crippen molar-refractivity contribution >= 4 is 27.5 Å². The van der Waals surface area contributed by atoms with E-state index in [-0.39, 0.29) is 5.91 Å². The number of halogens is 1. The highest BCUT2D eigenvalue weighted by atomic mass is 79.9. The van der Waals surface area contributed by atoms with Crippen LogP contribution < -0.4 is 5.32 Å².